The Hall–Kier alpha value is -1.96. The third-order valence-electron chi connectivity index (χ3n) is 3.00. The van der Waals surface area contributed by atoms with Gasteiger partial charge in [-0.05, 0) is 32.9 Å². The topological polar surface area (TPSA) is 82.1 Å². The molecule has 0 aromatic heterocycles. The SMILES string of the molecule is CCS(=O)(=O)N(CC(=O)OC(C)C)c1cc(OC)ccc1OC. The molecule has 0 aliphatic rings. The highest BCUT2D eigenvalue weighted by Gasteiger charge is 2.27. The summed E-state index contributed by atoms with van der Waals surface area (Å²) in [5, 5.41) is 0. The van der Waals surface area contributed by atoms with Gasteiger partial charge in [0.25, 0.3) is 0 Å². The average Bonchev–Trinajstić information content (AvgIpc) is 2.51. The van der Waals surface area contributed by atoms with E-state index in [1.54, 1.807) is 26.0 Å². The zero-order valence-electron chi connectivity index (χ0n) is 14.0. The summed E-state index contributed by atoms with van der Waals surface area (Å²) in [5.74, 6) is -0.0288. The van der Waals surface area contributed by atoms with Gasteiger partial charge in [0.15, 0.2) is 0 Å². The van der Waals surface area contributed by atoms with Gasteiger partial charge in [-0.3, -0.25) is 9.10 Å². The molecule has 0 saturated heterocycles. The van der Waals surface area contributed by atoms with E-state index in [-0.39, 0.29) is 17.5 Å². The molecule has 0 N–H and O–H groups in total. The summed E-state index contributed by atoms with van der Waals surface area (Å²) in [4.78, 5) is 12.0. The van der Waals surface area contributed by atoms with Gasteiger partial charge in [0, 0.05) is 6.07 Å². The van der Waals surface area contributed by atoms with Gasteiger partial charge in [-0.15, -0.1) is 0 Å². The molecule has 130 valence electrons. The van der Waals surface area contributed by atoms with Crippen molar-refractivity contribution < 1.29 is 27.4 Å². The Bertz CT molecular complexity index is 641. The van der Waals surface area contributed by atoms with Gasteiger partial charge in [0.05, 0.1) is 31.8 Å². The summed E-state index contributed by atoms with van der Waals surface area (Å²) < 4.78 is 41.2. The predicted molar refractivity (Wildman–Crippen MR) is 87.6 cm³/mol. The molecule has 0 atom stereocenters. The van der Waals surface area contributed by atoms with E-state index in [2.05, 4.69) is 0 Å². The van der Waals surface area contributed by atoms with Gasteiger partial charge >= 0.3 is 5.97 Å². The van der Waals surface area contributed by atoms with Crippen molar-refractivity contribution in [1.82, 2.24) is 0 Å². The fourth-order valence-corrected chi connectivity index (χ4v) is 2.95. The van der Waals surface area contributed by atoms with Gasteiger partial charge in [0.1, 0.15) is 18.0 Å². The quantitative estimate of drug-likeness (QED) is 0.668. The number of hydrogen-bond acceptors (Lipinski definition) is 6. The monoisotopic (exact) mass is 345 g/mol. The number of carbonyl (C=O) groups excluding carboxylic acids is 1. The zero-order chi connectivity index (χ0) is 17.6. The third kappa shape index (κ3) is 5.02. The van der Waals surface area contributed by atoms with E-state index < -0.39 is 22.5 Å². The van der Waals surface area contributed by atoms with Crippen molar-refractivity contribution >= 4 is 21.7 Å². The van der Waals surface area contributed by atoms with Crippen molar-refractivity contribution in [2.75, 3.05) is 30.8 Å². The number of methoxy groups -OCH3 is 2. The number of ether oxygens (including phenoxy) is 3. The number of hydrogen-bond donors (Lipinski definition) is 0. The van der Waals surface area contributed by atoms with Crippen LogP contribution in [0.5, 0.6) is 11.5 Å². The minimum absolute atomic E-state index is 0.164. The van der Waals surface area contributed by atoms with Crippen molar-refractivity contribution in [3.05, 3.63) is 18.2 Å². The average molecular weight is 345 g/mol. The summed E-state index contributed by atoms with van der Waals surface area (Å²) in [6.07, 6.45) is -0.333. The lowest BCUT2D eigenvalue weighted by molar-refractivity contribution is -0.145. The van der Waals surface area contributed by atoms with Crippen molar-refractivity contribution in [3.8, 4) is 11.5 Å². The zero-order valence-corrected chi connectivity index (χ0v) is 14.8. The Kier molecular flexibility index (Phi) is 6.68. The first-order valence-corrected chi connectivity index (χ1v) is 8.78. The second-order valence-corrected chi connectivity index (χ2v) is 7.17. The van der Waals surface area contributed by atoms with Gasteiger partial charge in [0.2, 0.25) is 10.0 Å². The molecule has 23 heavy (non-hydrogen) atoms. The Morgan fingerprint density at radius 3 is 2.35 bits per heavy atom. The first kappa shape index (κ1) is 19.1. The Labute approximate surface area is 137 Å². The Balaban J connectivity index is 3.32. The minimum Gasteiger partial charge on any atom is -0.497 e. The summed E-state index contributed by atoms with van der Waals surface area (Å²) in [7, 11) is -0.810. The van der Waals surface area contributed by atoms with Gasteiger partial charge < -0.3 is 14.2 Å². The molecular formula is C15H23NO6S. The first-order valence-electron chi connectivity index (χ1n) is 7.17. The van der Waals surface area contributed by atoms with Gasteiger partial charge in [-0.25, -0.2) is 8.42 Å². The lowest BCUT2D eigenvalue weighted by Gasteiger charge is -2.25. The standard InChI is InChI=1S/C15H23NO6S/c1-6-23(18,19)16(10-15(17)22-11(2)3)13-9-12(20-4)7-8-14(13)21-5/h7-9,11H,6,10H2,1-5H3. The van der Waals surface area contributed by atoms with Gasteiger partial charge in [-0.2, -0.15) is 0 Å². The summed E-state index contributed by atoms with van der Waals surface area (Å²) in [6, 6.07) is 4.74. The number of carbonyl (C=O) groups is 1. The van der Waals surface area contributed by atoms with E-state index >= 15 is 0 Å². The first-order chi connectivity index (χ1) is 10.7. The maximum absolute atomic E-state index is 12.4. The number of benzene rings is 1. The van der Waals surface area contributed by atoms with Crippen LogP contribution in [0.4, 0.5) is 5.69 Å². The van der Waals surface area contributed by atoms with Crippen LogP contribution in [0.1, 0.15) is 20.8 Å². The molecule has 8 heteroatoms. The van der Waals surface area contributed by atoms with Crippen LogP contribution in [0, 0.1) is 0 Å². The molecule has 1 rings (SSSR count). The lowest BCUT2D eigenvalue weighted by atomic mass is 10.2. The third-order valence-corrected chi connectivity index (χ3v) is 4.72. The van der Waals surface area contributed by atoms with Crippen LogP contribution >= 0.6 is 0 Å². The smallest absolute Gasteiger partial charge is 0.327 e. The highest BCUT2D eigenvalue weighted by Crippen LogP contribution is 2.34. The van der Waals surface area contributed by atoms with E-state index in [9.17, 15) is 13.2 Å². The maximum atomic E-state index is 12.4. The highest BCUT2D eigenvalue weighted by molar-refractivity contribution is 7.92. The van der Waals surface area contributed by atoms with Crippen LogP contribution in [0.3, 0.4) is 0 Å². The molecule has 0 unspecified atom stereocenters. The Morgan fingerprint density at radius 2 is 1.87 bits per heavy atom. The van der Waals surface area contributed by atoms with Crippen molar-refractivity contribution in [1.29, 1.82) is 0 Å². The molecule has 1 aromatic carbocycles. The van der Waals surface area contributed by atoms with Crippen LogP contribution in [0.25, 0.3) is 0 Å². The van der Waals surface area contributed by atoms with E-state index in [4.69, 9.17) is 14.2 Å². The molecule has 0 spiro atoms. The second kappa shape index (κ2) is 8.05. The van der Waals surface area contributed by atoms with Crippen molar-refractivity contribution in [2.45, 2.75) is 26.9 Å². The van der Waals surface area contributed by atoms with E-state index in [0.717, 1.165) is 4.31 Å². The molecule has 1 aromatic rings. The van der Waals surface area contributed by atoms with E-state index in [1.165, 1.54) is 27.2 Å². The molecule has 0 amide bonds. The highest BCUT2D eigenvalue weighted by atomic mass is 32.2. The molecule has 7 nitrogen and oxygen atoms in total. The minimum atomic E-state index is -3.70. The number of nitrogens with zero attached hydrogens (tertiary/aromatic N) is 1. The number of anilines is 1. The molecule has 0 bridgehead atoms. The number of esters is 1. The van der Waals surface area contributed by atoms with Crippen LogP contribution in [0.2, 0.25) is 0 Å². The Morgan fingerprint density at radius 1 is 1.22 bits per heavy atom. The van der Waals surface area contributed by atoms with Crippen molar-refractivity contribution in [3.63, 3.8) is 0 Å². The summed E-state index contributed by atoms with van der Waals surface area (Å²) >= 11 is 0. The van der Waals surface area contributed by atoms with Crippen LogP contribution < -0.4 is 13.8 Å². The maximum Gasteiger partial charge on any atom is 0.327 e. The summed E-state index contributed by atoms with van der Waals surface area (Å²) in [5.41, 5.74) is 0.231. The molecule has 0 aliphatic carbocycles. The molecule has 0 saturated carbocycles. The van der Waals surface area contributed by atoms with E-state index in [1.807, 2.05) is 0 Å². The normalized spacial score (nSPS) is 11.2. The van der Waals surface area contributed by atoms with Crippen LogP contribution in [-0.4, -0.2) is 47.0 Å². The number of rotatable bonds is 8. The molecule has 0 radical (unpaired) electrons. The summed E-state index contributed by atoms with van der Waals surface area (Å²) in [6.45, 7) is 4.46. The van der Waals surface area contributed by atoms with Crippen molar-refractivity contribution in [2.24, 2.45) is 0 Å². The number of sulfonamides is 1. The predicted octanol–water partition coefficient (Wildman–Crippen LogP) is 1.81. The van der Waals surface area contributed by atoms with Crippen LogP contribution in [-0.2, 0) is 19.6 Å². The second-order valence-electron chi connectivity index (χ2n) is 4.98. The van der Waals surface area contributed by atoms with Gasteiger partial charge in [-0.1, -0.05) is 0 Å². The lowest BCUT2D eigenvalue weighted by Crippen LogP contribution is -2.38. The molecule has 0 fully saturated rings. The fraction of sp³-hybridized carbons (Fsp3) is 0.533. The molecule has 0 aliphatic heterocycles. The fourth-order valence-electron chi connectivity index (χ4n) is 1.90. The van der Waals surface area contributed by atoms with Crippen LogP contribution in [0.15, 0.2) is 18.2 Å². The largest absolute Gasteiger partial charge is 0.497 e. The molecule has 0 heterocycles. The molecular weight excluding hydrogens is 322 g/mol. The van der Waals surface area contributed by atoms with E-state index in [0.29, 0.717) is 11.5 Å².